The number of para-hydroxylation sites is 2. The van der Waals surface area contributed by atoms with E-state index in [1.165, 1.54) is 12.7 Å². The van der Waals surface area contributed by atoms with Gasteiger partial charge in [0.2, 0.25) is 5.82 Å². The monoisotopic (exact) mass is 383 g/mol. The minimum atomic E-state index is -0.541. The third-order valence-corrected chi connectivity index (χ3v) is 4.57. The molecule has 5 rings (SSSR count). The van der Waals surface area contributed by atoms with Crippen molar-refractivity contribution in [3.8, 4) is 17.4 Å². The smallest absolute Gasteiger partial charge is 0.374 e. The normalized spacial score (nSPS) is 11.0. The lowest BCUT2D eigenvalue weighted by molar-refractivity contribution is -0.386. The summed E-state index contributed by atoms with van der Waals surface area (Å²) in [5.41, 5.74) is 1.08. The van der Waals surface area contributed by atoms with Gasteiger partial charge in [0.1, 0.15) is 18.4 Å². The van der Waals surface area contributed by atoms with Crippen LogP contribution in [0.1, 0.15) is 0 Å². The van der Waals surface area contributed by atoms with Gasteiger partial charge >= 0.3 is 11.6 Å². The van der Waals surface area contributed by atoms with Crippen LogP contribution in [0.3, 0.4) is 0 Å². The molecule has 0 bridgehead atoms. The summed E-state index contributed by atoms with van der Waals surface area (Å²) in [4.78, 5) is 23.8. The maximum Gasteiger partial charge on any atom is 0.374 e. The van der Waals surface area contributed by atoms with Crippen molar-refractivity contribution < 1.29 is 9.66 Å². The summed E-state index contributed by atoms with van der Waals surface area (Å²) in [5.74, 6) is 0.412. The Morgan fingerprint density at radius 2 is 1.69 bits per heavy atom. The van der Waals surface area contributed by atoms with Gasteiger partial charge in [-0.15, -0.1) is 0 Å². The molecular weight excluding hydrogens is 370 g/mol. The molecule has 0 aliphatic rings. The Morgan fingerprint density at radius 3 is 2.55 bits per heavy atom. The molecule has 0 spiro atoms. The average molecular weight is 383 g/mol. The minimum absolute atomic E-state index is 0.0921. The molecule has 3 aromatic carbocycles. The van der Waals surface area contributed by atoms with E-state index in [4.69, 9.17) is 4.74 Å². The molecule has 0 amide bonds. The van der Waals surface area contributed by atoms with Crippen LogP contribution in [-0.4, -0.2) is 24.4 Å². The van der Waals surface area contributed by atoms with E-state index in [1.807, 2.05) is 60.7 Å². The highest BCUT2D eigenvalue weighted by Crippen LogP contribution is 2.35. The molecule has 0 aliphatic carbocycles. The topological polar surface area (TPSA) is 96.0 Å². The van der Waals surface area contributed by atoms with Crippen LogP contribution in [0.4, 0.5) is 5.69 Å². The van der Waals surface area contributed by atoms with E-state index in [1.54, 1.807) is 10.6 Å². The standard InChI is InChI=1S/C21H13N5O3/c27-26(28)19-20(25-13-24-17-7-3-4-8-18(17)25)22-12-23-21(19)29-16-10-9-14-5-1-2-6-15(14)11-16/h1-13H. The fourth-order valence-electron chi connectivity index (χ4n) is 3.24. The van der Waals surface area contributed by atoms with E-state index >= 15 is 0 Å². The first-order valence-corrected chi connectivity index (χ1v) is 8.79. The van der Waals surface area contributed by atoms with E-state index in [9.17, 15) is 10.1 Å². The molecule has 2 heterocycles. The Bertz CT molecular complexity index is 1380. The van der Waals surface area contributed by atoms with Gasteiger partial charge in [-0.25, -0.2) is 9.97 Å². The van der Waals surface area contributed by atoms with Crippen LogP contribution in [0.15, 0.2) is 79.4 Å². The highest BCUT2D eigenvalue weighted by Gasteiger charge is 2.27. The number of hydrogen-bond acceptors (Lipinski definition) is 6. The first-order valence-electron chi connectivity index (χ1n) is 8.79. The van der Waals surface area contributed by atoms with Gasteiger partial charge in [-0.2, -0.15) is 4.98 Å². The van der Waals surface area contributed by atoms with Gasteiger partial charge in [0.05, 0.1) is 16.0 Å². The molecule has 0 fully saturated rings. The van der Waals surface area contributed by atoms with Crippen molar-refractivity contribution in [3.63, 3.8) is 0 Å². The zero-order chi connectivity index (χ0) is 19.8. The van der Waals surface area contributed by atoms with Crippen molar-refractivity contribution in [2.24, 2.45) is 0 Å². The van der Waals surface area contributed by atoms with E-state index in [0.29, 0.717) is 16.8 Å². The maximum absolute atomic E-state index is 11.9. The Balaban J connectivity index is 1.63. The summed E-state index contributed by atoms with van der Waals surface area (Å²) in [6, 6.07) is 20.6. The van der Waals surface area contributed by atoms with Crippen molar-refractivity contribution in [2.75, 3.05) is 0 Å². The highest BCUT2D eigenvalue weighted by molar-refractivity contribution is 5.84. The Hall–Kier alpha value is -4.33. The van der Waals surface area contributed by atoms with Crippen molar-refractivity contribution in [3.05, 3.63) is 89.5 Å². The summed E-state index contributed by atoms with van der Waals surface area (Å²) in [6.45, 7) is 0. The predicted octanol–water partition coefficient (Wildman–Crippen LogP) is 4.67. The second-order valence-electron chi connectivity index (χ2n) is 6.32. The van der Waals surface area contributed by atoms with E-state index < -0.39 is 4.92 Å². The van der Waals surface area contributed by atoms with Gasteiger partial charge in [-0.1, -0.05) is 42.5 Å². The summed E-state index contributed by atoms with van der Waals surface area (Å²) < 4.78 is 7.36. The molecule has 0 radical (unpaired) electrons. The predicted molar refractivity (Wildman–Crippen MR) is 107 cm³/mol. The molecule has 0 atom stereocenters. The lowest BCUT2D eigenvalue weighted by Gasteiger charge is -2.09. The molecule has 29 heavy (non-hydrogen) atoms. The fourth-order valence-corrected chi connectivity index (χ4v) is 3.24. The van der Waals surface area contributed by atoms with Crippen molar-refractivity contribution >= 4 is 27.5 Å². The third-order valence-electron chi connectivity index (χ3n) is 4.57. The summed E-state index contributed by atoms with van der Waals surface area (Å²) in [6.07, 6.45) is 2.74. The van der Waals surface area contributed by atoms with Crippen molar-refractivity contribution in [1.29, 1.82) is 0 Å². The van der Waals surface area contributed by atoms with Crippen LogP contribution in [0, 0.1) is 10.1 Å². The number of ether oxygens (including phenoxy) is 1. The zero-order valence-electron chi connectivity index (χ0n) is 15.0. The molecule has 2 aromatic heterocycles. The van der Waals surface area contributed by atoms with Crippen LogP contribution < -0.4 is 4.74 Å². The van der Waals surface area contributed by atoms with E-state index in [2.05, 4.69) is 15.0 Å². The highest BCUT2D eigenvalue weighted by atomic mass is 16.6. The summed E-state index contributed by atoms with van der Waals surface area (Å²) in [5, 5.41) is 13.9. The molecule has 5 aromatic rings. The number of nitrogens with zero attached hydrogens (tertiary/aromatic N) is 5. The van der Waals surface area contributed by atoms with Crippen LogP contribution in [0.5, 0.6) is 11.6 Å². The van der Waals surface area contributed by atoms with E-state index in [0.717, 1.165) is 10.8 Å². The third kappa shape index (κ3) is 2.92. The van der Waals surface area contributed by atoms with Gasteiger partial charge in [-0.3, -0.25) is 14.7 Å². The Kier molecular flexibility index (Phi) is 3.87. The summed E-state index contributed by atoms with van der Waals surface area (Å²) in [7, 11) is 0. The maximum atomic E-state index is 11.9. The number of nitro groups is 1. The SMILES string of the molecule is O=[N+]([O-])c1c(Oc2ccc3ccccc3c2)ncnc1-n1cnc2ccccc21. The van der Waals surface area contributed by atoms with Crippen LogP contribution >= 0.6 is 0 Å². The lowest BCUT2D eigenvalue weighted by Crippen LogP contribution is -2.05. The fraction of sp³-hybridized carbons (Fsp3) is 0. The number of rotatable bonds is 4. The second kappa shape index (κ2) is 6.68. The molecule has 8 heteroatoms. The molecule has 0 aliphatic heterocycles. The molecule has 0 unspecified atom stereocenters. The number of hydrogen-bond donors (Lipinski definition) is 0. The number of imidazole rings is 1. The minimum Gasteiger partial charge on any atom is -0.434 e. The number of aromatic nitrogens is 4. The average Bonchev–Trinajstić information content (AvgIpc) is 3.17. The van der Waals surface area contributed by atoms with E-state index in [-0.39, 0.29) is 17.4 Å². The van der Waals surface area contributed by atoms with Crippen LogP contribution in [0.25, 0.3) is 27.6 Å². The molecule has 0 N–H and O–H groups in total. The summed E-state index contributed by atoms with van der Waals surface area (Å²) >= 11 is 0. The second-order valence-corrected chi connectivity index (χ2v) is 6.32. The molecule has 8 nitrogen and oxygen atoms in total. The molecule has 140 valence electrons. The van der Waals surface area contributed by atoms with Crippen molar-refractivity contribution in [2.45, 2.75) is 0 Å². The Labute approximate surface area is 164 Å². The quantitative estimate of drug-likeness (QED) is 0.330. The molecular formula is C21H13N5O3. The van der Waals surface area contributed by atoms with Gasteiger partial charge in [0.25, 0.3) is 0 Å². The number of fused-ring (bicyclic) bond motifs is 2. The van der Waals surface area contributed by atoms with Gasteiger partial charge < -0.3 is 4.74 Å². The lowest BCUT2D eigenvalue weighted by atomic mass is 10.1. The van der Waals surface area contributed by atoms with Gasteiger partial charge in [0.15, 0.2) is 0 Å². The zero-order valence-corrected chi connectivity index (χ0v) is 15.0. The van der Waals surface area contributed by atoms with Crippen molar-refractivity contribution in [1.82, 2.24) is 19.5 Å². The molecule has 0 saturated heterocycles. The number of benzene rings is 3. The van der Waals surface area contributed by atoms with Crippen LogP contribution in [-0.2, 0) is 0 Å². The first-order chi connectivity index (χ1) is 14.2. The van der Waals surface area contributed by atoms with Gasteiger partial charge in [-0.05, 0) is 35.0 Å². The largest absolute Gasteiger partial charge is 0.434 e. The molecule has 0 saturated carbocycles. The first kappa shape index (κ1) is 16.8. The van der Waals surface area contributed by atoms with Crippen LogP contribution in [0.2, 0.25) is 0 Å². The van der Waals surface area contributed by atoms with Gasteiger partial charge in [0, 0.05) is 0 Å². The Morgan fingerprint density at radius 1 is 0.897 bits per heavy atom.